The average molecular weight is 885 g/mol. The van der Waals surface area contributed by atoms with Crippen molar-refractivity contribution in [1.82, 2.24) is 40.8 Å². The van der Waals surface area contributed by atoms with Gasteiger partial charge in [-0.05, 0) is 43.9 Å². The Kier molecular flexibility index (Phi) is 20.2. The molecule has 0 unspecified atom stereocenters. The number of carbonyl (C=O) groups is 3. The summed E-state index contributed by atoms with van der Waals surface area (Å²) in [6.45, 7) is 5.12. The molecule has 2 fully saturated rings. The number of nitrogens with two attached hydrogens (primary N) is 1. The zero-order valence-corrected chi connectivity index (χ0v) is 35.8. The zero-order valence-electron chi connectivity index (χ0n) is 32.7. The van der Waals surface area contributed by atoms with Gasteiger partial charge in [-0.1, -0.05) is 54.2 Å². The summed E-state index contributed by atoms with van der Waals surface area (Å²) in [5, 5.41) is 14.1. The summed E-state index contributed by atoms with van der Waals surface area (Å²) in [6, 6.07) is 5.75. The van der Waals surface area contributed by atoms with Gasteiger partial charge in [0.15, 0.2) is 22.1 Å². The lowest BCUT2D eigenvalue weighted by molar-refractivity contribution is -0.122. The van der Waals surface area contributed by atoms with Crippen molar-refractivity contribution in [2.45, 2.75) is 91.7 Å². The van der Waals surface area contributed by atoms with Crippen molar-refractivity contribution >= 4 is 81.6 Å². The third-order valence-corrected chi connectivity index (χ3v) is 12.4. The van der Waals surface area contributed by atoms with Crippen LogP contribution in [0.25, 0.3) is 11.2 Å². The van der Waals surface area contributed by atoms with E-state index < -0.39 is 0 Å². The second-order valence-corrected chi connectivity index (χ2v) is 17.1. The van der Waals surface area contributed by atoms with Crippen molar-refractivity contribution in [2.75, 3.05) is 77.4 Å². The van der Waals surface area contributed by atoms with Crippen LogP contribution in [0.1, 0.15) is 57.8 Å². The molecule has 1 aromatic carbocycles. The molecular weight excluding hydrogens is 830 g/mol. The SMILES string of the molecule is Nc1ncnc2c1nc(Sc1cc(Cl)cc(Cl)c1)n2CCCCCCNC(=O)CCOCCOCCOCCOCCNC(=O)CCCC[C@H]1SC[C@@H]2NC(=O)N[C@@H]21. The van der Waals surface area contributed by atoms with Crippen molar-refractivity contribution < 1.29 is 33.3 Å². The Hall–Kier alpha value is -3.10. The maximum absolute atomic E-state index is 12.2. The average Bonchev–Trinajstić information content (AvgIpc) is 3.86. The van der Waals surface area contributed by atoms with Crippen LogP contribution in [-0.4, -0.2) is 126 Å². The van der Waals surface area contributed by atoms with Gasteiger partial charge in [0, 0.05) is 58.4 Å². The third kappa shape index (κ3) is 15.8. The molecule has 2 aliphatic heterocycles. The Bertz CT molecular complexity index is 1740. The van der Waals surface area contributed by atoms with Gasteiger partial charge < -0.3 is 50.5 Å². The van der Waals surface area contributed by atoms with Crippen LogP contribution in [0.2, 0.25) is 10.0 Å². The molecule has 0 spiro atoms. The first-order valence-electron chi connectivity index (χ1n) is 19.9. The van der Waals surface area contributed by atoms with Crippen molar-refractivity contribution in [3.8, 4) is 0 Å². The van der Waals surface area contributed by atoms with E-state index in [0.29, 0.717) is 118 Å². The molecule has 3 aromatic rings. The summed E-state index contributed by atoms with van der Waals surface area (Å²) in [5.74, 6) is 1.28. The van der Waals surface area contributed by atoms with Crippen LogP contribution in [0.5, 0.6) is 0 Å². The normalized spacial score (nSPS) is 17.3. The molecule has 4 heterocycles. The van der Waals surface area contributed by atoms with Gasteiger partial charge in [0.1, 0.15) is 6.33 Å². The topological polar surface area (TPSA) is 206 Å². The smallest absolute Gasteiger partial charge is 0.315 e. The highest BCUT2D eigenvalue weighted by molar-refractivity contribution is 8.00. The molecule has 2 saturated heterocycles. The highest BCUT2D eigenvalue weighted by atomic mass is 35.5. The van der Waals surface area contributed by atoms with Crippen LogP contribution in [0.4, 0.5) is 10.6 Å². The summed E-state index contributed by atoms with van der Waals surface area (Å²) >= 11 is 15.8. The highest BCUT2D eigenvalue weighted by Gasteiger charge is 2.42. The number of hydrogen-bond acceptors (Lipinski definition) is 13. The Morgan fingerprint density at radius 2 is 1.50 bits per heavy atom. The van der Waals surface area contributed by atoms with Crippen LogP contribution in [-0.2, 0) is 35.1 Å². The molecule has 0 aliphatic carbocycles. The molecule has 5 rings (SSSR count). The van der Waals surface area contributed by atoms with E-state index in [9.17, 15) is 14.4 Å². The molecule has 0 saturated carbocycles. The van der Waals surface area contributed by atoms with Crippen LogP contribution in [0.3, 0.4) is 0 Å². The summed E-state index contributed by atoms with van der Waals surface area (Å²) in [4.78, 5) is 49.9. The highest BCUT2D eigenvalue weighted by Crippen LogP contribution is 2.35. The fourth-order valence-corrected chi connectivity index (χ4v) is 9.73. The molecule has 58 heavy (non-hydrogen) atoms. The molecule has 2 aromatic heterocycles. The second kappa shape index (κ2) is 25.5. The van der Waals surface area contributed by atoms with Gasteiger partial charge in [-0.25, -0.2) is 19.7 Å². The van der Waals surface area contributed by atoms with Gasteiger partial charge in [-0.3, -0.25) is 9.59 Å². The van der Waals surface area contributed by atoms with E-state index in [1.807, 2.05) is 28.5 Å². The Morgan fingerprint density at radius 1 is 0.828 bits per heavy atom. The molecule has 20 heteroatoms. The van der Waals surface area contributed by atoms with Crippen LogP contribution in [0, 0.1) is 0 Å². The number of benzene rings is 1. The van der Waals surface area contributed by atoms with Crippen LogP contribution in [0.15, 0.2) is 34.6 Å². The van der Waals surface area contributed by atoms with Crippen molar-refractivity contribution in [1.29, 1.82) is 0 Å². The lowest BCUT2D eigenvalue weighted by atomic mass is 10.0. The molecule has 2 aliphatic rings. The van der Waals surface area contributed by atoms with E-state index in [4.69, 9.17) is 52.9 Å². The second-order valence-electron chi connectivity index (χ2n) is 13.9. The fraction of sp³-hybridized carbons (Fsp3) is 0.632. The molecule has 320 valence electrons. The van der Waals surface area contributed by atoms with Gasteiger partial charge >= 0.3 is 6.03 Å². The largest absolute Gasteiger partial charge is 0.382 e. The van der Waals surface area contributed by atoms with Crippen molar-refractivity contribution in [2.24, 2.45) is 0 Å². The molecule has 6 N–H and O–H groups in total. The summed E-state index contributed by atoms with van der Waals surface area (Å²) in [6.07, 6.45) is 8.74. The first kappa shape index (κ1) is 46.0. The number of amides is 4. The predicted octanol–water partition coefficient (Wildman–Crippen LogP) is 4.84. The Balaban J connectivity index is 0.771. The Morgan fingerprint density at radius 3 is 2.26 bits per heavy atom. The van der Waals surface area contributed by atoms with Gasteiger partial charge in [-0.15, -0.1) is 0 Å². The minimum absolute atomic E-state index is 0.0316. The van der Waals surface area contributed by atoms with Gasteiger partial charge in [0.25, 0.3) is 0 Å². The number of aryl methyl sites for hydroxylation is 1. The van der Waals surface area contributed by atoms with E-state index in [1.54, 1.807) is 6.07 Å². The van der Waals surface area contributed by atoms with Gasteiger partial charge in [-0.2, -0.15) is 11.8 Å². The number of carbonyl (C=O) groups excluding carboxylic acids is 3. The third-order valence-electron chi connectivity index (χ3n) is 9.44. The minimum atomic E-state index is -0.0667. The number of thioether (sulfide) groups is 1. The van der Waals surface area contributed by atoms with E-state index in [2.05, 4.69) is 31.2 Å². The number of halogens is 2. The van der Waals surface area contributed by atoms with E-state index in [1.165, 1.54) is 18.1 Å². The van der Waals surface area contributed by atoms with Crippen molar-refractivity contribution in [3.05, 3.63) is 34.6 Å². The number of hydrogen-bond donors (Lipinski definition) is 5. The fourth-order valence-electron chi connectivity index (χ4n) is 6.52. The number of urea groups is 1. The number of fused-ring (bicyclic) bond motifs is 2. The van der Waals surface area contributed by atoms with Crippen LogP contribution >= 0.6 is 46.7 Å². The molecular formula is C38H55Cl2N9O7S2. The maximum Gasteiger partial charge on any atom is 0.315 e. The first-order chi connectivity index (χ1) is 28.3. The van der Waals surface area contributed by atoms with E-state index >= 15 is 0 Å². The minimum Gasteiger partial charge on any atom is -0.382 e. The lowest BCUT2D eigenvalue weighted by Gasteiger charge is -2.16. The summed E-state index contributed by atoms with van der Waals surface area (Å²) in [7, 11) is 0. The van der Waals surface area contributed by atoms with Crippen molar-refractivity contribution in [3.63, 3.8) is 0 Å². The molecule has 0 radical (unpaired) electrons. The number of rotatable bonds is 29. The number of nitrogen functional groups attached to an aromatic ring is 1. The predicted molar refractivity (Wildman–Crippen MR) is 227 cm³/mol. The van der Waals surface area contributed by atoms with Crippen LogP contribution < -0.4 is 27.0 Å². The number of nitrogens with one attached hydrogen (secondary N) is 4. The lowest BCUT2D eigenvalue weighted by Crippen LogP contribution is -2.36. The number of anilines is 1. The Labute approximate surface area is 357 Å². The number of imidazole rings is 1. The summed E-state index contributed by atoms with van der Waals surface area (Å²) in [5.41, 5.74) is 7.34. The molecule has 0 bridgehead atoms. The van der Waals surface area contributed by atoms with E-state index in [-0.39, 0.29) is 29.9 Å². The molecule has 4 amide bonds. The number of aromatic nitrogens is 4. The molecule has 16 nitrogen and oxygen atoms in total. The summed E-state index contributed by atoms with van der Waals surface area (Å²) < 4.78 is 24.1. The standard InChI is InChI=1S/C38H55Cl2N9O7S2/c39-26-21-27(40)23-28(22-26)58-38-48-34-35(41)44-25-45-36(34)49(38)12-6-2-1-5-10-42-32(51)9-13-53-15-17-55-19-20-56-18-16-54-14-11-43-31(50)8-4-3-7-30-33-29(24-57-30)46-37(52)47-33/h21-23,25,29-30,33H,1-20,24H2,(H,42,51)(H,43,50)(H2,41,44,45)(H2,46,47,52)/t29-,30+,33-/m0/s1. The quantitative estimate of drug-likeness (QED) is 0.0468. The first-order valence-corrected chi connectivity index (χ1v) is 22.5. The van der Waals surface area contributed by atoms with Gasteiger partial charge in [0.05, 0.1) is 64.9 Å². The maximum atomic E-state index is 12.2. The number of unbranched alkanes of at least 4 members (excludes halogenated alkanes) is 4. The molecule has 3 atom stereocenters. The number of ether oxygens (including phenoxy) is 4. The van der Waals surface area contributed by atoms with Gasteiger partial charge in [0.2, 0.25) is 11.8 Å². The monoisotopic (exact) mass is 883 g/mol. The zero-order chi connectivity index (χ0) is 41.0. The van der Waals surface area contributed by atoms with E-state index in [0.717, 1.165) is 60.8 Å². The number of nitrogens with zero attached hydrogens (tertiary/aromatic N) is 4.